The molecule has 1 heterocycles. The van der Waals surface area contributed by atoms with E-state index in [0.717, 1.165) is 31.2 Å². The fourth-order valence-corrected chi connectivity index (χ4v) is 3.47. The molecule has 2 aliphatic rings. The van der Waals surface area contributed by atoms with Crippen LogP contribution in [-0.4, -0.2) is 19.3 Å². The van der Waals surface area contributed by atoms with Gasteiger partial charge in [0.2, 0.25) is 0 Å². The second-order valence-corrected chi connectivity index (χ2v) is 5.74. The second kappa shape index (κ2) is 4.63. The normalized spacial score (nSPS) is 30.8. The minimum Gasteiger partial charge on any atom is -0.379 e. The summed E-state index contributed by atoms with van der Waals surface area (Å²) in [7, 11) is 0. The summed E-state index contributed by atoms with van der Waals surface area (Å²) in [6.07, 6.45) is 4.31. The van der Waals surface area contributed by atoms with Crippen molar-refractivity contribution >= 4 is 0 Å². The molecule has 0 bridgehead atoms. The van der Waals surface area contributed by atoms with Crippen LogP contribution in [0.5, 0.6) is 0 Å². The third kappa shape index (κ3) is 1.86. The van der Waals surface area contributed by atoms with Crippen molar-refractivity contribution in [1.29, 1.82) is 0 Å². The molecule has 0 atom stereocenters. The third-order valence-corrected chi connectivity index (χ3v) is 4.68. The number of hydrogen-bond donors (Lipinski definition) is 1. The molecule has 1 aliphatic heterocycles. The topological polar surface area (TPSA) is 35.2 Å². The van der Waals surface area contributed by atoms with E-state index < -0.39 is 0 Å². The van der Waals surface area contributed by atoms with Gasteiger partial charge in [0.15, 0.2) is 0 Å². The molecule has 2 N–H and O–H groups in total. The first-order valence-electron chi connectivity index (χ1n) is 6.81. The average Bonchev–Trinajstić information content (AvgIpc) is 2.32. The first-order valence-corrected chi connectivity index (χ1v) is 6.81. The Morgan fingerprint density at radius 1 is 1.11 bits per heavy atom. The van der Waals surface area contributed by atoms with Crippen LogP contribution in [-0.2, 0) is 10.2 Å². The lowest BCUT2D eigenvalue weighted by Crippen LogP contribution is -2.54. The minimum atomic E-state index is -0.0918. The molecule has 18 heavy (non-hydrogen) atoms. The Morgan fingerprint density at radius 2 is 1.78 bits per heavy atom. The highest BCUT2D eigenvalue weighted by Gasteiger charge is 2.48. The largest absolute Gasteiger partial charge is 0.379 e. The minimum absolute atomic E-state index is 0.0873. The molecular weight excluding hydrogens is 229 g/mol. The van der Waals surface area contributed by atoms with Crippen LogP contribution in [0, 0.1) is 11.7 Å². The van der Waals surface area contributed by atoms with Gasteiger partial charge in [-0.15, -0.1) is 0 Å². The lowest BCUT2D eigenvalue weighted by Gasteiger charge is -2.49. The molecule has 0 unspecified atom stereocenters. The van der Waals surface area contributed by atoms with E-state index in [0.29, 0.717) is 25.2 Å². The Kier molecular flexibility index (Phi) is 3.12. The number of hydrogen-bond acceptors (Lipinski definition) is 2. The first-order chi connectivity index (χ1) is 8.72. The van der Waals surface area contributed by atoms with Crippen molar-refractivity contribution in [3.05, 3.63) is 35.6 Å². The molecular formula is C15H20FNO. The number of halogens is 1. The molecule has 1 aromatic rings. The van der Waals surface area contributed by atoms with Crippen molar-refractivity contribution in [2.45, 2.75) is 37.1 Å². The van der Waals surface area contributed by atoms with E-state index in [2.05, 4.69) is 0 Å². The van der Waals surface area contributed by atoms with Crippen LogP contribution in [0.4, 0.5) is 4.39 Å². The Hall–Kier alpha value is -0.930. The van der Waals surface area contributed by atoms with Gasteiger partial charge in [-0.2, -0.15) is 0 Å². The van der Waals surface area contributed by atoms with E-state index in [-0.39, 0.29) is 11.2 Å². The van der Waals surface area contributed by atoms with Crippen LogP contribution >= 0.6 is 0 Å². The zero-order valence-corrected chi connectivity index (χ0v) is 10.6. The van der Waals surface area contributed by atoms with Gasteiger partial charge < -0.3 is 10.5 Å². The average molecular weight is 249 g/mol. The Balaban J connectivity index is 1.88. The molecule has 1 saturated carbocycles. The smallest absolute Gasteiger partial charge is 0.127 e. The summed E-state index contributed by atoms with van der Waals surface area (Å²) < 4.78 is 19.5. The Morgan fingerprint density at radius 3 is 2.33 bits per heavy atom. The van der Waals surface area contributed by atoms with E-state index in [9.17, 15) is 4.39 Å². The molecule has 1 aliphatic carbocycles. The molecule has 0 spiro atoms. The second-order valence-electron chi connectivity index (χ2n) is 5.74. The molecule has 0 amide bonds. The van der Waals surface area contributed by atoms with Gasteiger partial charge in [0.05, 0.1) is 13.2 Å². The lowest BCUT2D eigenvalue weighted by atomic mass is 9.63. The number of benzene rings is 1. The van der Waals surface area contributed by atoms with Gasteiger partial charge in [-0.25, -0.2) is 4.39 Å². The lowest BCUT2D eigenvalue weighted by molar-refractivity contribution is -0.0999. The van der Waals surface area contributed by atoms with Gasteiger partial charge in [0.1, 0.15) is 5.82 Å². The summed E-state index contributed by atoms with van der Waals surface area (Å²) >= 11 is 0. The van der Waals surface area contributed by atoms with Crippen LogP contribution in [0.25, 0.3) is 0 Å². The predicted molar refractivity (Wildman–Crippen MR) is 68.8 cm³/mol. The number of rotatable bonds is 2. The van der Waals surface area contributed by atoms with Crippen LogP contribution in [0.15, 0.2) is 24.3 Å². The van der Waals surface area contributed by atoms with E-state index >= 15 is 0 Å². The van der Waals surface area contributed by atoms with Crippen molar-refractivity contribution in [3.63, 3.8) is 0 Å². The van der Waals surface area contributed by atoms with Crippen LogP contribution < -0.4 is 5.73 Å². The Labute approximate surface area is 107 Å². The highest BCUT2D eigenvalue weighted by Crippen LogP contribution is 2.46. The maximum absolute atomic E-state index is 14.1. The van der Waals surface area contributed by atoms with E-state index in [1.54, 1.807) is 12.1 Å². The molecule has 0 radical (unpaired) electrons. The maximum Gasteiger partial charge on any atom is 0.127 e. The quantitative estimate of drug-likeness (QED) is 0.874. The van der Waals surface area contributed by atoms with E-state index in [1.165, 1.54) is 0 Å². The third-order valence-electron chi connectivity index (χ3n) is 4.68. The highest BCUT2D eigenvalue weighted by molar-refractivity contribution is 5.31. The number of nitrogens with two attached hydrogens (primary N) is 1. The standard InChI is InChI=1S/C15H20FNO/c16-14-4-2-1-3-13(14)15(9-18-10-15)11-5-7-12(17)8-6-11/h1-4,11-12H,5-10,17H2. The molecule has 2 fully saturated rings. The van der Waals surface area contributed by atoms with Gasteiger partial charge in [-0.1, -0.05) is 18.2 Å². The zero-order valence-electron chi connectivity index (χ0n) is 10.6. The van der Waals surface area contributed by atoms with Crippen LogP contribution in [0.2, 0.25) is 0 Å². The number of ether oxygens (including phenoxy) is 1. The summed E-state index contributed by atoms with van der Waals surface area (Å²) in [5, 5.41) is 0. The van der Waals surface area contributed by atoms with Crippen LogP contribution in [0.3, 0.4) is 0 Å². The molecule has 1 saturated heterocycles. The fourth-order valence-electron chi connectivity index (χ4n) is 3.47. The fraction of sp³-hybridized carbons (Fsp3) is 0.600. The van der Waals surface area contributed by atoms with E-state index in [4.69, 9.17) is 10.5 Å². The maximum atomic E-state index is 14.1. The van der Waals surface area contributed by atoms with E-state index in [1.807, 2.05) is 12.1 Å². The molecule has 3 rings (SSSR count). The van der Waals surface area contributed by atoms with Crippen LogP contribution in [0.1, 0.15) is 31.2 Å². The van der Waals surface area contributed by atoms with Crippen molar-refractivity contribution in [3.8, 4) is 0 Å². The Bertz CT molecular complexity index is 422. The molecule has 0 aromatic heterocycles. The van der Waals surface area contributed by atoms with Gasteiger partial charge in [-0.3, -0.25) is 0 Å². The van der Waals surface area contributed by atoms with Crippen molar-refractivity contribution in [1.82, 2.24) is 0 Å². The zero-order chi connectivity index (χ0) is 12.6. The van der Waals surface area contributed by atoms with Gasteiger partial charge >= 0.3 is 0 Å². The summed E-state index contributed by atoms with van der Waals surface area (Å²) in [5.74, 6) is 0.429. The SMILES string of the molecule is NC1CCC(C2(c3ccccc3F)COC2)CC1. The summed E-state index contributed by atoms with van der Waals surface area (Å²) in [6, 6.07) is 7.49. The van der Waals surface area contributed by atoms with Crippen molar-refractivity contribution < 1.29 is 9.13 Å². The molecule has 3 heteroatoms. The highest BCUT2D eigenvalue weighted by atomic mass is 19.1. The summed E-state index contributed by atoms with van der Waals surface area (Å²) in [5.41, 5.74) is 6.72. The van der Waals surface area contributed by atoms with Gasteiger partial charge in [0.25, 0.3) is 0 Å². The molecule has 1 aromatic carbocycles. The van der Waals surface area contributed by atoms with Crippen molar-refractivity contribution in [2.24, 2.45) is 11.7 Å². The molecule has 98 valence electrons. The summed E-state index contributed by atoms with van der Waals surface area (Å²) in [6.45, 7) is 1.32. The monoisotopic (exact) mass is 249 g/mol. The van der Waals surface area contributed by atoms with Gasteiger partial charge in [0, 0.05) is 11.5 Å². The van der Waals surface area contributed by atoms with Gasteiger partial charge in [-0.05, 0) is 43.2 Å². The summed E-state index contributed by atoms with van der Waals surface area (Å²) in [4.78, 5) is 0. The van der Waals surface area contributed by atoms with Crippen molar-refractivity contribution in [2.75, 3.05) is 13.2 Å². The molecule has 2 nitrogen and oxygen atoms in total. The predicted octanol–water partition coefficient (Wildman–Crippen LogP) is 2.61. The first kappa shape index (κ1) is 12.1.